The molecule has 3 aromatic rings. The number of ether oxygens (including phenoxy) is 1. The maximum absolute atomic E-state index is 13.6. The first-order valence-corrected chi connectivity index (χ1v) is 15.0. The van der Waals surface area contributed by atoms with E-state index in [0.29, 0.717) is 25.6 Å². The van der Waals surface area contributed by atoms with Gasteiger partial charge in [0.1, 0.15) is 5.82 Å². The van der Waals surface area contributed by atoms with Crippen molar-refractivity contribution in [1.29, 1.82) is 0 Å². The number of piperazine rings is 1. The number of likely N-dealkylation sites (N-methyl/N-ethyl adjacent to an activating group) is 1. The van der Waals surface area contributed by atoms with Gasteiger partial charge in [0.05, 0.1) is 17.2 Å². The van der Waals surface area contributed by atoms with Gasteiger partial charge in [0.2, 0.25) is 11.9 Å². The molecule has 0 spiro atoms. The van der Waals surface area contributed by atoms with Crippen molar-refractivity contribution in [1.82, 2.24) is 28.9 Å². The summed E-state index contributed by atoms with van der Waals surface area (Å²) < 4.78 is 22.8. The van der Waals surface area contributed by atoms with Crippen LogP contribution in [0, 0.1) is 5.82 Å². The number of hydrogen-bond acceptors (Lipinski definition) is 8. The monoisotopic (exact) mass is 590 g/mol. The molecule has 2 fully saturated rings. The normalized spacial score (nSPS) is 17.7. The molecule has 0 radical (unpaired) electrons. The molecule has 1 aliphatic carbocycles. The largest absolute Gasteiger partial charge is 0.427 e. The highest BCUT2D eigenvalue weighted by Gasteiger charge is 2.28. The van der Waals surface area contributed by atoms with Gasteiger partial charge in [0.15, 0.2) is 6.73 Å². The molecule has 0 saturated carbocycles. The van der Waals surface area contributed by atoms with Crippen molar-refractivity contribution in [3.8, 4) is 0 Å². The number of aromatic nitrogens is 4. The Hall–Kier alpha value is -4.19. The zero-order chi connectivity index (χ0) is 29.9. The van der Waals surface area contributed by atoms with E-state index in [9.17, 15) is 14.0 Å². The van der Waals surface area contributed by atoms with Crippen LogP contribution in [0.15, 0.2) is 41.3 Å². The third-order valence-corrected chi connectivity index (χ3v) is 8.71. The van der Waals surface area contributed by atoms with Crippen LogP contribution in [0.2, 0.25) is 0 Å². The molecule has 2 aliphatic heterocycles. The molecular weight excluding hydrogens is 551 g/mol. The van der Waals surface area contributed by atoms with Gasteiger partial charge in [-0.25, -0.2) is 23.7 Å². The quantitative estimate of drug-likeness (QED) is 0.408. The first kappa shape index (κ1) is 28.9. The molecule has 43 heavy (non-hydrogen) atoms. The molecule has 0 atom stereocenters. The fourth-order valence-electron chi connectivity index (χ4n) is 6.09. The number of rotatable bonds is 7. The summed E-state index contributed by atoms with van der Waals surface area (Å²) in [4.78, 5) is 43.2. The van der Waals surface area contributed by atoms with E-state index in [-0.39, 0.29) is 24.1 Å². The van der Waals surface area contributed by atoms with Gasteiger partial charge in [0.25, 0.3) is 5.56 Å². The number of nitrogens with zero attached hydrogens (tertiary/aromatic N) is 8. The lowest BCUT2D eigenvalue weighted by Crippen LogP contribution is -2.48. The van der Waals surface area contributed by atoms with E-state index >= 15 is 0 Å². The van der Waals surface area contributed by atoms with Gasteiger partial charge in [-0.15, -0.1) is 0 Å². The van der Waals surface area contributed by atoms with E-state index in [0.717, 1.165) is 74.1 Å². The number of amides is 1. The number of carbonyl (C=O) groups is 1. The smallest absolute Gasteiger partial charge is 0.411 e. The number of halogens is 1. The molecule has 3 aliphatic rings. The Labute approximate surface area is 250 Å². The second-order valence-electron chi connectivity index (χ2n) is 11.6. The SMILES string of the molecule is CN1CCN(C(=O)OCn2c(N(C)C3CCN(c4nc5c(n4Cc4ccc(F)cc4)=CCCC=5)CC3)nccc2=O)CC1. The van der Waals surface area contributed by atoms with Gasteiger partial charge in [-0.1, -0.05) is 24.3 Å². The van der Waals surface area contributed by atoms with E-state index in [1.54, 1.807) is 4.90 Å². The molecule has 6 rings (SSSR count). The number of anilines is 2. The van der Waals surface area contributed by atoms with Gasteiger partial charge in [0, 0.05) is 64.6 Å². The van der Waals surface area contributed by atoms with Crippen molar-refractivity contribution in [3.05, 3.63) is 69.0 Å². The van der Waals surface area contributed by atoms with E-state index in [2.05, 4.69) is 31.5 Å². The minimum atomic E-state index is -0.418. The molecule has 12 heteroatoms. The van der Waals surface area contributed by atoms with Crippen LogP contribution in [-0.4, -0.2) is 94.4 Å². The van der Waals surface area contributed by atoms with E-state index in [1.165, 1.54) is 29.0 Å². The van der Waals surface area contributed by atoms with Crippen LogP contribution in [0.1, 0.15) is 31.2 Å². The predicted octanol–water partition coefficient (Wildman–Crippen LogP) is 1.43. The molecule has 1 aromatic carbocycles. The minimum Gasteiger partial charge on any atom is -0.427 e. The Morgan fingerprint density at radius 2 is 1.72 bits per heavy atom. The summed E-state index contributed by atoms with van der Waals surface area (Å²) in [6.07, 6.45) is 9.15. The molecular formula is C31H39FN8O3. The second-order valence-corrected chi connectivity index (χ2v) is 11.6. The third-order valence-electron chi connectivity index (χ3n) is 8.71. The molecule has 0 bridgehead atoms. The maximum atomic E-state index is 13.6. The zero-order valence-corrected chi connectivity index (χ0v) is 24.9. The molecule has 1 amide bonds. The molecule has 11 nitrogen and oxygen atoms in total. The minimum absolute atomic E-state index is 0.137. The van der Waals surface area contributed by atoms with Gasteiger partial charge in [-0.3, -0.25) is 4.79 Å². The molecule has 4 heterocycles. The highest BCUT2D eigenvalue weighted by Crippen LogP contribution is 2.23. The Balaban J connectivity index is 1.15. The Morgan fingerprint density at radius 1 is 1.00 bits per heavy atom. The zero-order valence-electron chi connectivity index (χ0n) is 24.9. The fourth-order valence-corrected chi connectivity index (χ4v) is 6.09. The van der Waals surface area contributed by atoms with Crippen LogP contribution in [0.25, 0.3) is 12.2 Å². The van der Waals surface area contributed by atoms with Crippen molar-refractivity contribution in [2.24, 2.45) is 0 Å². The summed E-state index contributed by atoms with van der Waals surface area (Å²) in [6.45, 7) is 4.78. The lowest BCUT2D eigenvalue weighted by Gasteiger charge is -2.38. The van der Waals surface area contributed by atoms with Gasteiger partial charge >= 0.3 is 6.09 Å². The van der Waals surface area contributed by atoms with Crippen LogP contribution in [-0.2, 0) is 18.0 Å². The first-order valence-electron chi connectivity index (χ1n) is 15.0. The van der Waals surface area contributed by atoms with Crippen molar-refractivity contribution in [3.63, 3.8) is 0 Å². The number of imidazole rings is 1. The number of fused-ring (bicyclic) bond motifs is 1. The summed E-state index contributed by atoms with van der Waals surface area (Å²) in [5.74, 6) is 1.17. The Bertz CT molecular complexity index is 1620. The van der Waals surface area contributed by atoms with Crippen molar-refractivity contribution in [2.75, 3.05) is 63.2 Å². The Kier molecular flexibility index (Phi) is 8.46. The third kappa shape index (κ3) is 6.29. The molecule has 228 valence electrons. The van der Waals surface area contributed by atoms with Crippen LogP contribution in [0.3, 0.4) is 0 Å². The highest BCUT2D eigenvalue weighted by atomic mass is 19.1. The number of carbonyl (C=O) groups excluding carboxylic acids is 1. The van der Waals surface area contributed by atoms with E-state index < -0.39 is 6.09 Å². The molecule has 2 saturated heterocycles. The number of piperidine rings is 1. The van der Waals surface area contributed by atoms with Gasteiger partial charge in [-0.2, -0.15) is 0 Å². The number of hydrogen-bond donors (Lipinski definition) is 0. The van der Waals surface area contributed by atoms with Crippen molar-refractivity contribution in [2.45, 2.75) is 45.0 Å². The van der Waals surface area contributed by atoms with Gasteiger partial charge in [-0.05, 0) is 50.4 Å². The highest BCUT2D eigenvalue weighted by molar-refractivity contribution is 5.67. The van der Waals surface area contributed by atoms with Crippen molar-refractivity contribution < 1.29 is 13.9 Å². The lowest BCUT2D eigenvalue weighted by atomic mass is 10.0. The van der Waals surface area contributed by atoms with E-state index in [4.69, 9.17) is 9.72 Å². The van der Waals surface area contributed by atoms with Crippen LogP contribution >= 0.6 is 0 Å². The maximum Gasteiger partial charge on any atom is 0.411 e. The predicted molar refractivity (Wildman–Crippen MR) is 163 cm³/mol. The summed E-state index contributed by atoms with van der Waals surface area (Å²) in [7, 11) is 3.97. The average molecular weight is 591 g/mol. The first-order chi connectivity index (χ1) is 20.9. The van der Waals surface area contributed by atoms with Crippen LogP contribution in [0.5, 0.6) is 0 Å². The topological polar surface area (TPSA) is 92.0 Å². The molecule has 0 unspecified atom stereocenters. The summed E-state index contributed by atoms with van der Waals surface area (Å²) in [6, 6.07) is 8.18. The molecule has 0 N–H and O–H groups in total. The van der Waals surface area contributed by atoms with E-state index in [1.807, 2.05) is 31.1 Å². The lowest BCUT2D eigenvalue weighted by molar-refractivity contribution is 0.0593. The van der Waals surface area contributed by atoms with Gasteiger partial charge < -0.3 is 28.9 Å². The van der Waals surface area contributed by atoms with Crippen LogP contribution in [0.4, 0.5) is 21.1 Å². The summed E-state index contributed by atoms with van der Waals surface area (Å²) >= 11 is 0. The number of benzene rings is 1. The van der Waals surface area contributed by atoms with Crippen LogP contribution < -0.4 is 26.1 Å². The fraction of sp³-hybridized carbons (Fsp3) is 0.484. The second kappa shape index (κ2) is 12.6. The Morgan fingerprint density at radius 3 is 2.47 bits per heavy atom. The average Bonchev–Trinajstić information content (AvgIpc) is 3.39. The molecule has 2 aromatic heterocycles. The summed E-state index contributed by atoms with van der Waals surface area (Å²) in [5, 5.41) is 2.12. The standard InChI is InChI=1S/C31H39FN8O3/c1-35-17-19-38(20-18-35)31(42)43-22-40-28(41)11-14-33-29(40)36(2)25-12-15-37(16-13-25)30-34-26-5-3-4-6-27(26)39(30)21-23-7-9-24(32)10-8-23/h5-11,14,25H,3-4,12-13,15-22H2,1-2H3. The van der Waals surface area contributed by atoms with Crippen molar-refractivity contribution >= 4 is 30.1 Å². The summed E-state index contributed by atoms with van der Waals surface area (Å²) in [5.41, 5.74) is 0.763.